The van der Waals surface area contributed by atoms with Crippen LogP contribution < -0.4 is 21.3 Å². The van der Waals surface area contributed by atoms with E-state index in [1.165, 1.54) is 12.1 Å². The second-order valence-corrected chi connectivity index (χ2v) is 11.3. The Morgan fingerprint density at radius 2 is 1.67 bits per heavy atom. The van der Waals surface area contributed by atoms with E-state index in [0.29, 0.717) is 37.7 Å². The van der Waals surface area contributed by atoms with Crippen LogP contribution in [0.4, 0.5) is 4.79 Å². The maximum atomic E-state index is 13.5. The smallest absolute Gasteiger partial charge is 0.408 e. The molecule has 1 saturated heterocycles. The van der Waals surface area contributed by atoms with Gasteiger partial charge in [-0.1, -0.05) is 56.3 Å². The summed E-state index contributed by atoms with van der Waals surface area (Å²) in [7, 11) is 0. The van der Waals surface area contributed by atoms with Gasteiger partial charge in [-0.25, -0.2) is 4.79 Å². The highest BCUT2D eigenvalue weighted by molar-refractivity contribution is 5.92. The fourth-order valence-corrected chi connectivity index (χ4v) is 4.91. The first-order valence-electron chi connectivity index (χ1n) is 14.7. The monoisotopic (exact) mass is 594 g/mol. The zero-order chi connectivity index (χ0) is 31.2. The molecule has 0 radical (unpaired) electrons. The van der Waals surface area contributed by atoms with Crippen molar-refractivity contribution in [1.82, 2.24) is 21.3 Å². The highest BCUT2D eigenvalue weighted by Crippen LogP contribution is 2.18. The molecule has 5 N–H and O–H groups in total. The molecule has 4 amide bonds. The average molecular weight is 595 g/mol. The number of phenols is 1. The van der Waals surface area contributed by atoms with E-state index >= 15 is 0 Å². The summed E-state index contributed by atoms with van der Waals surface area (Å²) < 4.78 is 5.32. The van der Waals surface area contributed by atoms with Crippen LogP contribution >= 0.6 is 0 Å². The standard InChI is InChI=1S/C32H42N4O7/c1-21(2)17-27(30(40)34-25(19-37)13-12-24-9-6-16-33-29(24)39)35-31(41)28(18-22-10-14-26(38)15-11-22)36-32(42)43-20-23-7-4-3-5-8-23/h3-5,7-8,10-11,14-15,19,21,24-25,27-28,38H,6,9,12-13,16-18,20H2,1-2H3,(H,33,39)(H,34,40)(H,35,41)(H,36,42)/t24-,25-,27-,28-/m0/s1. The van der Waals surface area contributed by atoms with E-state index in [9.17, 15) is 29.1 Å². The molecule has 1 fully saturated rings. The van der Waals surface area contributed by atoms with Gasteiger partial charge in [-0.3, -0.25) is 14.4 Å². The Morgan fingerprint density at radius 3 is 2.33 bits per heavy atom. The highest BCUT2D eigenvalue weighted by Gasteiger charge is 2.30. The molecule has 2 aromatic rings. The van der Waals surface area contributed by atoms with E-state index in [0.717, 1.165) is 18.4 Å². The lowest BCUT2D eigenvalue weighted by Gasteiger charge is -2.26. The van der Waals surface area contributed by atoms with Crippen LogP contribution in [-0.4, -0.2) is 59.9 Å². The van der Waals surface area contributed by atoms with Gasteiger partial charge in [0, 0.05) is 18.9 Å². The van der Waals surface area contributed by atoms with Crippen LogP contribution in [0.3, 0.4) is 0 Å². The van der Waals surface area contributed by atoms with Crippen LogP contribution in [-0.2, 0) is 36.9 Å². The predicted molar refractivity (Wildman–Crippen MR) is 160 cm³/mol. The number of phenolic OH excluding ortho intramolecular Hbond substituents is 1. The first-order chi connectivity index (χ1) is 20.6. The van der Waals surface area contributed by atoms with Gasteiger partial charge in [0.15, 0.2) is 0 Å². The van der Waals surface area contributed by atoms with Crippen LogP contribution in [0.15, 0.2) is 54.6 Å². The lowest BCUT2D eigenvalue weighted by atomic mass is 9.92. The van der Waals surface area contributed by atoms with Crippen molar-refractivity contribution < 1.29 is 33.8 Å². The molecule has 0 unspecified atom stereocenters. The van der Waals surface area contributed by atoms with Gasteiger partial charge < -0.3 is 35.9 Å². The molecule has 4 atom stereocenters. The van der Waals surface area contributed by atoms with Crippen molar-refractivity contribution in [3.63, 3.8) is 0 Å². The first-order valence-corrected chi connectivity index (χ1v) is 14.7. The molecule has 1 heterocycles. The minimum absolute atomic E-state index is 0.00814. The Labute approximate surface area is 252 Å². The van der Waals surface area contributed by atoms with E-state index in [1.54, 1.807) is 24.3 Å². The van der Waals surface area contributed by atoms with Crippen LogP contribution in [0.1, 0.15) is 57.1 Å². The zero-order valence-electron chi connectivity index (χ0n) is 24.7. The molecule has 0 aromatic heterocycles. The average Bonchev–Trinajstić information content (AvgIpc) is 2.99. The fourth-order valence-electron chi connectivity index (χ4n) is 4.91. The largest absolute Gasteiger partial charge is 0.508 e. The SMILES string of the molecule is CC(C)C[C@H](NC(=O)[C@H](Cc1ccc(O)cc1)NC(=O)OCc1ccccc1)C(=O)N[C@H](C=O)CC[C@@H]1CCCNC1=O. The van der Waals surface area contributed by atoms with Crippen LogP contribution in [0.2, 0.25) is 0 Å². The normalized spacial score (nSPS) is 16.7. The van der Waals surface area contributed by atoms with E-state index < -0.39 is 36.0 Å². The Balaban J connectivity index is 1.67. The van der Waals surface area contributed by atoms with Crippen molar-refractivity contribution in [3.8, 4) is 5.75 Å². The molecule has 0 saturated carbocycles. The minimum atomic E-state index is -1.10. The molecule has 0 bridgehead atoms. The lowest BCUT2D eigenvalue weighted by molar-refractivity contribution is -0.131. The Morgan fingerprint density at radius 1 is 0.977 bits per heavy atom. The van der Waals surface area contributed by atoms with E-state index in [2.05, 4.69) is 21.3 Å². The summed E-state index contributed by atoms with van der Waals surface area (Å²) in [4.78, 5) is 63.4. The van der Waals surface area contributed by atoms with Crippen molar-refractivity contribution in [2.75, 3.05) is 6.54 Å². The van der Waals surface area contributed by atoms with E-state index in [4.69, 9.17) is 4.74 Å². The first kappa shape index (κ1) is 33.1. The molecular weight excluding hydrogens is 552 g/mol. The number of ether oxygens (including phenoxy) is 1. The van der Waals surface area contributed by atoms with Crippen molar-refractivity contribution in [2.45, 2.75) is 77.1 Å². The number of amides is 4. The zero-order valence-corrected chi connectivity index (χ0v) is 24.7. The second-order valence-electron chi connectivity index (χ2n) is 11.3. The van der Waals surface area contributed by atoms with Crippen LogP contribution in [0.25, 0.3) is 0 Å². The Kier molecular flexibility index (Phi) is 13.0. The number of carbonyl (C=O) groups is 5. The summed E-state index contributed by atoms with van der Waals surface area (Å²) in [5.74, 6) is -1.29. The molecule has 43 heavy (non-hydrogen) atoms. The molecule has 11 nitrogen and oxygen atoms in total. The molecular formula is C32H42N4O7. The molecule has 232 valence electrons. The number of hydrogen-bond donors (Lipinski definition) is 5. The third kappa shape index (κ3) is 11.4. The van der Waals surface area contributed by atoms with Crippen LogP contribution in [0.5, 0.6) is 5.75 Å². The van der Waals surface area contributed by atoms with Gasteiger partial charge in [-0.2, -0.15) is 0 Å². The predicted octanol–water partition coefficient (Wildman–Crippen LogP) is 2.75. The second kappa shape index (κ2) is 16.9. The van der Waals surface area contributed by atoms with Gasteiger partial charge in [0.05, 0.1) is 6.04 Å². The van der Waals surface area contributed by atoms with E-state index in [-0.39, 0.29) is 36.5 Å². The maximum absolute atomic E-state index is 13.5. The summed E-state index contributed by atoms with van der Waals surface area (Å²) in [5, 5.41) is 20.5. The van der Waals surface area contributed by atoms with Crippen LogP contribution in [0, 0.1) is 11.8 Å². The van der Waals surface area contributed by atoms with Gasteiger partial charge in [-0.05, 0) is 61.3 Å². The molecule has 1 aliphatic rings. The number of aromatic hydroxyl groups is 1. The molecule has 1 aliphatic heterocycles. The summed E-state index contributed by atoms with van der Waals surface area (Å²) in [5.41, 5.74) is 1.44. The summed E-state index contributed by atoms with van der Waals surface area (Å²) >= 11 is 0. The Hall–Kier alpha value is -4.41. The quantitative estimate of drug-likeness (QED) is 0.198. The molecule has 0 aliphatic carbocycles. The Bertz CT molecular complexity index is 1220. The molecule has 0 spiro atoms. The number of alkyl carbamates (subject to hydrolysis) is 1. The van der Waals surface area contributed by atoms with Gasteiger partial charge in [-0.15, -0.1) is 0 Å². The number of aldehydes is 1. The lowest BCUT2D eigenvalue weighted by Crippen LogP contribution is -2.56. The number of piperidine rings is 1. The van der Waals surface area contributed by atoms with E-state index in [1.807, 2.05) is 32.0 Å². The van der Waals surface area contributed by atoms with Crippen molar-refractivity contribution in [3.05, 3.63) is 65.7 Å². The number of hydrogen-bond acceptors (Lipinski definition) is 7. The van der Waals surface area contributed by atoms with Crippen molar-refractivity contribution in [2.24, 2.45) is 11.8 Å². The highest BCUT2D eigenvalue weighted by atomic mass is 16.5. The number of carbonyl (C=O) groups excluding carboxylic acids is 5. The number of rotatable bonds is 15. The molecule has 11 heteroatoms. The molecule has 2 aromatic carbocycles. The summed E-state index contributed by atoms with van der Waals surface area (Å²) in [6.45, 7) is 4.46. The third-order valence-corrected chi connectivity index (χ3v) is 7.26. The molecule has 3 rings (SSSR count). The summed E-state index contributed by atoms with van der Waals surface area (Å²) in [6, 6.07) is 12.4. The van der Waals surface area contributed by atoms with Crippen molar-refractivity contribution in [1.29, 1.82) is 0 Å². The van der Waals surface area contributed by atoms with Gasteiger partial charge in [0.1, 0.15) is 30.7 Å². The topological polar surface area (TPSA) is 163 Å². The van der Waals surface area contributed by atoms with Crippen molar-refractivity contribution >= 4 is 30.1 Å². The number of nitrogens with one attached hydrogen (secondary N) is 4. The fraction of sp³-hybridized carbons (Fsp3) is 0.469. The third-order valence-electron chi connectivity index (χ3n) is 7.26. The number of benzene rings is 2. The summed E-state index contributed by atoms with van der Waals surface area (Å²) in [6.07, 6.45) is 2.57. The maximum Gasteiger partial charge on any atom is 0.408 e. The van der Waals surface area contributed by atoms with Gasteiger partial charge in [0.25, 0.3) is 0 Å². The van der Waals surface area contributed by atoms with Gasteiger partial charge >= 0.3 is 6.09 Å². The van der Waals surface area contributed by atoms with Gasteiger partial charge in [0.2, 0.25) is 17.7 Å². The minimum Gasteiger partial charge on any atom is -0.508 e.